The molecule has 0 unspecified atom stereocenters. The van der Waals surface area contributed by atoms with Crippen molar-refractivity contribution in [1.82, 2.24) is 0 Å². The van der Waals surface area contributed by atoms with Gasteiger partial charge in [-0.1, -0.05) is 30.3 Å². The zero-order valence-electron chi connectivity index (χ0n) is 11.8. The predicted octanol–water partition coefficient (Wildman–Crippen LogP) is 4.40. The molecule has 3 heteroatoms. The van der Waals surface area contributed by atoms with Gasteiger partial charge in [-0.05, 0) is 48.2 Å². The average Bonchev–Trinajstić information content (AvgIpc) is 2.52. The van der Waals surface area contributed by atoms with Crippen LogP contribution in [-0.4, -0.2) is 17.7 Å². The third-order valence-corrected chi connectivity index (χ3v) is 3.14. The van der Waals surface area contributed by atoms with E-state index in [0.717, 1.165) is 29.7 Å². The molecule has 0 heterocycles. The second kappa shape index (κ2) is 7.29. The van der Waals surface area contributed by atoms with Crippen molar-refractivity contribution >= 4 is 5.97 Å². The van der Waals surface area contributed by atoms with Crippen molar-refractivity contribution in [2.75, 3.05) is 6.61 Å². The topological polar surface area (TPSA) is 46.5 Å². The van der Waals surface area contributed by atoms with Crippen molar-refractivity contribution < 1.29 is 14.6 Å². The van der Waals surface area contributed by atoms with Crippen LogP contribution in [0.15, 0.2) is 61.2 Å². The molecule has 0 radical (unpaired) electrons. The predicted molar refractivity (Wildman–Crippen MR) is 83.8 cm³/mol. The molecule has 0 saturated carbocycles. The van der Waals surface area contributed by atoms with Gasteiger partial charge in [0.2, 0.25) is 0 Å². The van der Waals surface area contributed by atoms with E-state index in [2.05, 4.69) is 6.58 Å². The number of unbranched alkanes of at least 4 members (excludes halogenated alkanes) is 1. The van der Waals surface area contributed by atoms with Crippen LogP contribution in [-0.2, 0) is 0 Å². The van der Waals surface area contributed by atoms with E-state index in [1.165, 1.54) is 0 Å². The van der Waals surface area contributed by atoms with Crippen LogP contribution in [0.25, 0.3) is 11.1 Å². The molecule has 1 N–H and O–H groups in total. The first-order valence-corrected chi connectivity index (χ1v) is 6.88. The van der Waals surface area contributed by atoms with Crippen molar-refractivity contribution in [3.63, 3.8) is 0 Å². The Balaban J connectivity index is 2.01. The first kappa shape index (κ1) is 14.9. The molecule has 0 bridgehead atoms. The lowest BCUT2D eigenvalue weighted by Crippen LogP contribution is -1.96. The molecular weight excluding hydrogens is 264 g/mol. The monoisotopic (exact) mass is 282 g/mol. The van der Waals surface area contributed by atoms with Gasteiger partial charge in [0.05, 0.1) is 12.2 Å². The lowest BCUT2D eigenvalue weighted by molar-refractivity contribution is 0.0697. The molecule has 2 rings (SSSR count). The van der Waals surface area contributed by atoms with E-state index in [-0.39, 0.29) is 0 Å². The Hall–Kier alpha value is -2.55. The minimum atomic E-state index is -0.912. The third kappa shape index (κ3) is 4.21. The molecule has 0 aliphatic rings. The Morgan fingerprint density at radius 1 is 1.05 bits per heavy atom. The molecule has 2 aromatic rings. The smallest absolute Gasteiger partial charge is 0.335 e. The fraction of sp³-hybridized carbons (Fsp3) is 0.167. The Morgan fingerprint density at radius 3 is 2.14 bits per heavy atom. The maximum Gasteiger partial charge on any atom is 0.335 e. The molecule has 0 saturated heterocycles. The van der Waals surface area contributed by atoms with E-state index in [0.29, 0.717) is 12.2 Å². The van der Waals surface area contributed by atoms with Crippen LogP contribution in [0.5, 0.6) is 5.75 Å². The summed E-state index contributed by atoms with van der Waals surface area (Å²) in [5.41, 5.74) is 2.31. The third-order valence-electron chi connectivity index (χ3n) is 3.14. The zero-order valence-corrected chi connectivity index (χ0v) is 11.8. The van der Waals surface area contributed by atoms with Gasteiger partial charge < -0.3 is 9.84 Å². The summed E-state index contributed by atoms with van der Waals surface area (Å²) in [7, 11) is 0. The molecule has 0 atom stereocenters. The van der Waals surface area contributed by atoms with Crippen molar-refractivity contribution in [3.05, 3.63) is 66.7 Å². The fourth-order valence-corrected chi connectivity index (χ4v) is 1.97. The summed E-state index contributed by atoms with van der Waals surface area (Å²) in [5.74, 6) is -0.0743. The van der Waals surface area contributed by atoms with Crippen molar-refractivity contribution in [2.24, 2.45) is 0 Å². The molecular formula is C18H18O3. The van der Waals surface area contributed by atoms with Gasteiger partial charge in [-0.2, -0.15) is 0 Å². The van der Waals surface area contributed by atoms with E-state index in [1.54, 1.807) is 12.1 Å². The number of hydrogen-bond donors (Lipinski definition) is 1. The van der Waals surface area contributed by atoms with E-state index >= 15 is 0 Å². The van der Waals surface area contributed by atoms with Gasteiger partial charge in [0.1, 0.15) is 5.75 Å². The van der Waals surface area contributed by atoms with Gasteiger partial charge >= 0.3 is 5.97 Å². The average molecular weight is 282 g/mol. The van der Waals surface area contributed by atoms with Crippen LogP contribution in [0.2, 0.25) is 0 Å². The maximum absolute atomic E-state index is 10.8. The Morgan fingerprint density at radius 2 is 1.62 bits per heavy atom. The summed E-state index contributed by atoms with van der Waals surface area (Å²) in [6, 6.07) is 14.6. The highest BCUT2D eigenvalue weighted by atomic mass is 16.5. The lowest BCUT2D eigenvalue weighted by Gasteiger charge is -2.07. The molecule has 0 spiro atoms. The largest absolute Gasteiger partial charge is 0.494 e. The standard InChI is InChI=1S/C18H18O3/c1-2-3-4-13-21-17-11-9-15(10-12-17)14-5-7-16(8-6-14)18(19)20/h2,5-12H,1,3-4,13H2,(H,19,20). The summed E-state index contributed by atoms with van der Waals surface area (Å²) in [6.45, 7) is 4.35. The molecule has 0 aromatic heterocycles. The highest BCUT2D eigenvalue weighted by molar-refractivity contribution is 5.88. The Labute approximate surface area is 124 Å². The van der Waals surface area contributed by atoms with Crippen LogP contribution in [0.3, 0.4) is 0 Å². The van der Waals surface area contributed by atoms with Gasteiger partial charge in [0, 0.05) is 0 Å². The van der Waals surface area contributed by atoms with Crippen LogP contribution in [0.4, 0.5) is 0 Å². The summed E-state index contributed by atoms with van der Waals surface area (Å²) in [5, 5.41) is 8.88. The lowest BCUT2D eigenvalue weighted by atomic mass is 10.0. The summed E-state index contributed by atoms with van der Waals surface area (Å²) < 4.78 is 5.62. The number of benzene rings is 2. The highest BCUT2D eigenvalue weighted by Crippen LogP contribution is 2.23. The minimum Gasteiger partial charge on any atom is -0.494 e. The number of allylic oxidation sites excluding steroid dienone is 1. The van der Waals surface area contributed by atoms with Gasteiger partial charge in [0.15, 0.2) is 0 Å². The molecule has 2 aromatic carbocycles. The second-order valence-corrected chi connectivity index (χ2v) is 4.69. The number of aromatic carboxylic acids is 1. The quantitative estimate of drug-likeness (QED) is 0.605. The number of carboxylic acid groups (broad SMARTS) is 1. The summed E-state index contributed by atoms with van der Waals surface area (Å²) in [4.78, 5) is 10.8. The fourth-order valence-electron chi connectivity index (χ4n) is 1.97. The van der Waals surface area contributed by atoms with E-state index in [4.69, 9.17) is 9.84 Å². The number of carboxylic acids is 1. The number of hydrogen-bond acceptors (Lipinski definition) is 2. The van der Waals surface area contributed by atoms with Crippen molar-refractivity contribution in [2.45, 2.75) is 12.8 Å². The minimum absolute atomic E-state index is 0.293. The normalized spacial score (nSPS) is 10.1. The SMILES string of the molecule is C=CCCCOc1ccc(-c2ccc(C(=O)O)cc2)cc1. The Bertz CT molecular complexity index is 597. The molecule has 0 amide bonds. The van der Waals surface area contributed by atoms with Crippen molar-refractivity contribution in [3.8, 4) is 16.9 Å². The first-order chi connectivity index (χ1) is 10.2. The first-order valence-electron chi connectivity index (χ1n) is 6.88. The van der Waals surface area contributed by atoms with E-state index in [9.17, 15) is 4.79 Å². The number of rotatable bonds is 7. The zero-order chi connectivity index (χ0) is 15.1. The molecule has 21 heavy (non-hydrogen) atoms. The molecule has 3 nitrogen and oxygen atoms in total. The van der Waals surface area contributed by atoms with Gasteiger partial charge in [0.25, 0.3) is 0 Å². The van der Waals surface area contributed by atoms with Crippen LogP contribution in [0, 0.1) is 0 Å². The van der Waals surface area contributed by atoms with Crippen LogP contribution >= 0.6 is 0 Å². The number of carbonyl (C=O) groups is 1. The second-order valence-electron chi connectivity index (χ2n) is 4.69. The maximum atomic E-state index is 10.8. The highest BCUT2D eigenvalue weighted by Gasteiger charge is 2.03. The van der Waals surface area contributed by atoms with E-state index < -0.39 is 5.97 Å². The van der Waals surface area contributed by atoms with Crippen LogP contribution in [0.1, 0.15) is 23.2 Å². The molecule has 0 aliphatic heterocycles. The van der Waals surface area contributed by atoms with Gasteiger partial charge in [-0.25, -0.2) is 4.79 Å². The molecule has 108 valence electrons. The van der Waals surface area contributed by atoms with E-state index in [1.807, 2.05) is 42.5 Å². The molecule has 0 fully saturated rings. The molecule has 0 aliphatic carbocycles. The van der Waals surface area contributed by atoms with Crippen molar-refractivity contribution in [1.29, 1.82) is 0 Å². The summed E-state index contributed by atoms with van der Waals surface area (Å²) >= 11 is 0. The number of ether oxygens (including phenoxy) is 1. The van der Waals surface area contributed by atoms with Crippen LogP contribution < -0.4 is 4.74 Å². The van der Waals surface area contributed by atoms with Gasteiger partial charge in [-0.15, -0.1) is 6.58 Å². The van der Waals surface area contributed by atoms with Gasteiger partial charge in [-0.3, -0.25) is 0 Å². The summed E-state index contributed by atoms with van der Waals surface area (Å²) in [6.07, 6.45) is 3.79. The Kier molecular flexibility index (Phi) is 5.16.